The zero-order valence-electron chi connectivity index (χ0n) is 5.93. The van der Waals surface area contributed by atoms with Gasteiger partial charge in [0.1, 0.15) is 0 Å². The maximum atomic E-state index is 6.06. The van der Waals surface area contributed by atoms with Gasteiger partial charge in [0, 0.05) is 11.5 Å². The Morgan fingerprint density at radius 3 is 2.33 bits per heavy atom. The van der Waals surface area contributed by atoms with Crippen molar-refractivity contribution in [2.75, 3.05) is 30.5 Å². The van der Waals surface area contributed by atoms with E-state index in [2.05, 4.69) is 6.92 Å². The first-order valence-corrected chi connectivity index (χ1v) is 5.59. The normalized spacial score (nSPS) is 29.6. The van der Waals surface area contributed by atoms with E-state index in [0.29, 0.717) is 0 Å². The summed E-state index contributed by atoms with van der Waals surface area (Å²) in [5, 5.41) is 6.06. The van der Waals surface area contributed by atoms with Gasteiger partial charge in [-0.05, 0) is 5.75 Å². The highest BCUT2D eigenvalue weighted by Gasteiger charge is 2.19. The topological polar surface area (TPSA) is 35.2 Å². The molecule has 0 aromatic heterocycles. The largest absolute Gasteiger partial charge is 0.380 e. The predicted molar refractivity (Wildman–Crippen MR) is 42.9 cm³/mol. The Balaban J connectivity index is 2.37. The van der Waals surface area contributed by atoms with E-state index in [4.69, 9.17) is 9.88 Å². The van der Waals surface area contributed by atoms with E-state index < -0.39 is 10.2 Å². The highest BCUT2D eigenvalue weighted by Crippen LogP contribution is 2.39. The molecule has 0 atom stereocenters. The average Bonchev–Trinajstić information content (AvgIpc) is 1.90. The molecule has 1 rings (SSSR count). The van der Waals surface area contributed by atoms with Crippen molar-refractivity contribution < 1.29 is 4.74 Å². The van der Waals surface area contributed by atoms with Crippen LogP contribution in [0, 0.1) is 0 Å². The number of hydrogen-bond donors (Lipinski definition) is 1. The Hall–Kier alpha value is 0.270. The molecule has 1 aliphatic heterocycles. The molecular formula is C6H15NOS. The molecular weight excluding hydrogens is 134 g/mol. The molecule has 1 aliphatic rings. The Labute approximate surface area is 58.2 Å². The van der Waals surface area contributed by atoms with Crippen LogP contribution in [-0.2, 0) is 4.74 Å². The second-order valence-corrected chi connectivity index (χ2v) is 6.04. The van der Waals surface area contributed by atoms with Crippen molar-refractivity contribution in [3.8, 4) is 0 Å². The highest BCUT2D eigenvalue weighted by molar-refractivity contribution is 8.31. The molecule has 0 bridgehead atoms. The van der Waals surface area contributed by atoms with Gasteiger partial charge < -0.3 is 4.74 Å². The summed E-state index contributed by atoms with van der Waals surface area (Å²) in [4.78, 5) is 0. The van der Waals surface area contributed by atoms with E-state index >= 15 is 0 Å². The van der Waals surface area contributed by atoms with Crippen molar-refractivity contribution in [3.05, 3.63) is 0 Å². The smallest absolute Gasteiger partial charge is 0.0553 e. The molecule has 2 N–H and O–H groups in total. The lowest BCUT2D eigenvalue weighted by molar-refractivity contribution is 0.159. The average molecular weight is 149 g/mol. The van der Waals surface area contributed by atoms with E-state index in [-0.39, 0.29) is 0 Å². The summed E-state index contributed by atoms with van der Waals surface area (Å²) in [6, 6.07) is 0. The highest BCUT2D eigenvalue weighted by atomic mass is 32.3. The SMILES string of the molecule is CCS1(N)CCOCC1. The molecule has 0 aliphatic carbocycles. The van der Waals surface area contributed by atoms with Crippen molar-refractivity contribution in [2.24, 2.45) is 5.14 Å². The summed E-state index contributed by atoms with van der Waals surface area (Å²) in [6.45, 7) is 3.96. The fourth-order valence-corrected chi connectivity index (χ4v) is 2.62. The number of nitrogens with two attached hydrogens (primary N) is 1. The Kier molecular flexibility index (Phi) is 2.38. The van der Waals surface area contributed by atoms with Crippen LogP contribution in [0.2, 0.25) is 0 Å². The predicted octanol–water partition coefficient (Wildman–Crippen LogP) is 0.715. The van der Waals surface area contributed by atoms with Gasteiger partial charge in [0.25, 0.3) is 0 Å². The summed E-state index contributed by atoms with van der Waals surface area (Å²) in [6.07, 6.45) is 0. The van der Waals surface area contributed by atoms with Gasteiger partial charge in [-0.2, -0.15) is 10.2 Å². The van der Waals surface area contributed by atoms with E-state index in [9.17, 15) is 0 Å². The van der Waals surface area contributed by atoms with Crippen LogP contribution in [0.15, 0.2) is 0 Å². The van der Waals surface area contributed by atoms with Crippen molar-refractivity contribution in [2.45, 2.75) is 6.92 Å². The third-order valence-electron chi connectivity index (χ3n) is 1.84. The molecule has 56 valence electrons. The monoisotopic (exact) mass is 149 g/mol. The van der Waals surface area contributed by atoms with Crippen LogP contribution in [0.5, 0.6) is 0 Å². The zero-order chi connectivity index (χ0) is 6.74. The first-order valence-electron chi connectivity index (χ1n) is 3.39. The molecule has 0 spiro atoms. The minimum atomic E-state index is -0.703. The van der Waals surface area contributed by atoms with Gasteiger partial charge >= 0.3 is 0 Å². The summed E-state index contributed by atoms with van der Waals surface area (Å²) >= 11 is 0. The molecule has 0 saturated carbocycles. The van der Waals surface area contributed by atoms with Crippen LogP contribution in [0.4, 0.5) is 0 Å². The molecule has 2 nitrogen and oxygen atoms in total. The quantitative estimate of drug-likeness (QED) is 0.596. The lowest BCUT2D eigenvalue weighted by Gasteiger charge is -2.37. The van der Waals surface area contributed by atoms with Crippen LogP contribution in [0.1, 0.15) is 6.92 Å². The minimum absolute atomic E-state index is 0.703. The molecule has 0 radical (unpaired) electrons. The summed E-state index contributed by atoms with van der Waals surface area (Å²) in [5.41, 5.74) is 0. The first-order chi connectivity index (χ1) is 4.27. The molecule has 0 unspecified atom stereocenters. The maximum absolute atomic E-state index is 6.06. The van der Waals surface area contributed by atoms with E-state index in [1.165, 1.54) is 0 Å². The zero-order valence-corrected chi connectivity index (χ0v) is 6.75. The van der Waals surface area contributed by atoms with Crippen molar-refractivity contribution in [1.82, 2.24) is 0 Å². The molecule has 0 amide bonds. The molecule has 0 aromatic rings. The van der Waals surface area contributed by atoms with Gasteiger partial charge in [0.15, 0.2) is 0 Å². The molecule has 1 fully saturated rings. The van der Waals surface area contributed by atoms with Crippen molar-refractivity contribution in [1.29, 1.82) is 0 Å². The molecule has 0 aromatic carbocycles. The van der Waals surface area contributed by atoms with Gasteiger partial charge in [-0.1, -0.05) is 6.92 Å². The lowest BCUT2D eigenvalue weighted by atomic mass is 10.8. The van der Waals surface area contributed by atoms with E-state index in [1.807, 2.05) is 0 Å². The second kappa shape index (κ2) is 2.90. The van der Waals surface area contributed by atoms with Gasteiger partial charge in [0.05, 0.1) is 13.2 Å². The first kappa shape index (κ1) is 7.38. The Morgan fingerprint density at radius 2 is 2.00 bits per heavy atom. The maximum Gasteiger partial charge on any atom is 0.0553 e. The van der Waals surface area contributed by atoms with Crippen molar-refractivity contribution in [3.63, 3.8) is 0 Å². The third kappa shape index (κ3) is 1.85. The van der Waals surface area contributed by atoms with Crippen LogP contribution < -0.4 is 5.14 Å². The summed E-state index contributed by atoms with van der Waals surface area (Å²) in [5.74, 6) is 3.39. The lowest BCUT2D eigenvalue weighted by Crippen LogP contribution is -2.30. The standard InChI is InChI=1S/C6H15NOS/c1-2-9(7)5-3-8-4-6-9/h2-7H2,1H3. The van der Waals surface area contributed by atoms with Gasteiger partial charge in [-0.3, -0.25) is 5.14 Å². The number of hydrogen-bond acceptors (Lipinski definition) is 2. The molecule has 3 heteroatoms. The van der Waals surface area contributed by atoms with Gasteiger partial charge in [-0.25, -0.2) is 0 Å². The third-order valence-corrected chi connectivity index (χ3v) is 4.95. The molecule has 1 heterocycles. The summed E-state index contributed by atoms with van der Waals surface area (Å²) in [7, 11) is -0.703. The van der Waals surface area contributed by atoms with Crippen LogP contribution in [0.3, 0.4) is 0 Å². The number of rotatable bonds is 1. The fourth-order valence-electron chi connectivity index (χ4n) is 0.943. The van der Waals surface area contributed by atoms with E-state index in [0.717, 1.165) is 30.5 Å². The van der Waals surface area contributed by atoms with Gasteiger partial charge in [0.2, 0.25) is 0 Å². The van der Waals surface area contributed by atoms with E-state index in [1.54, 1.807) is 0 Å². The number of ether oxygens (including phenoxy) is 1. The fraction of sp³-hybridized carbons (Fsp3) is 1.00. The van der Waals surface area contributed by atoms with Crippen LogP contribution in [-0.4, -0.2) is 30.5 Å². The molecule has 9 heavy (non-hydrogen) atoms. The molecule has 1 saturated heterocycles. The minimum Gasteiger partial charge on any atom is -0.380 e. The Bertz CT molecular complexity index is 91.1. The van der Waals surface area contributed by atoms with Crippen molar-refractivity contribution >= 4 is 10.2 Å². The summed E-state index contributed by atoms with van der Waals surface area (Å²) < 4.78 is 5.21. The van der Waals surface area contributed by atoms with Crippen LogP contribution >= 0.6 is 10.2 Å². The second-order valence-electron chi connectivity index (χ2n) is 2.42. The Morgan fingerprint density at radius 1 is 1.44 bits per heavy atom. The van der Waals surface area contributed by atoms with Crippen LogP contribution in [0.25, 0.3) is 0 Å². The van der Waals surface area contributed by atoms with Gasteiger partial charge in [-0.15, -0.1) is 0 Å².